The van der Waals surface area contributed by atoms with E-state index in [1.54, 1.807) is 0 Å². The maximum Gasteiger partial charge on any atom is 0.333 e. The van der Waals surface area contributed by atoms with Crippen molar-refractivity contribution in [2.24, 2.45) is 0 Å². The zero-order valence-electron chi connectivity index (χ0n) is 21.7. The van der Waals surface area contributed by atoms with Crippen LogP contribution in [0.1, 0.15) is 42.4 Å². The molecular formula is C31H33ClF2N2O3. The van der Waals surface area contributed by atoms with Gasteiger partial charge in [0, 0.05) is 30.2 Å². The van der Waals surface area contributed by atoms with Gasteiger partial charge in [-0.2, -0.15) is 0 Å². The summed E-state index contributed by atoms with van der Waals surface area (Å²) in [6.45, 7) is 2.33. The second-order valence-corrected chi connectivity index (χ2v) is 10.1. The van der Waals surface area contributed by atoms with Crippen LogP contribution in [-0.2, 0) is 17.8 Å². The number of aliphatic carboxylic acids is 1. The lowest BCUT2D eigenvalue weighted by atomic mass is 9.93. The lowest BCUT2D eigenvalue weighted by Crippen LogP contribution is -2.28. The van der Waals surface area contributed by atoms with Crippen LogP contribution in [0.5, 0.6) is 5.75 Å². The Morgan fingerprint density at radius 3 is 2.56 bits per heavy atom. The van der Waals surface area contributed by atoms with E-state index in [2.05, 4.69) is 16.7 Å². The highest BCUT2D eigenvalue weighted by atomic mass is 35.5. The van der Waals surface area contributed by atoms with Crippen LogP contribution < -0.4 is 15.4 Å². The van der Waals surface area contributed by atoms with Crippen molar-refractivity contribution in [1.82, 2.24) is 10.6 Å². The van der Waals surface area contributed by atoms with Gasteiger partial charge in [0.2, 0.25) is 0 Å². The molecule has 8 heteroatoms. The summed E-state index contributed by atoms with van der Waals surface area (Å²) in [5.74, 6) is -2.08. The molecule has 0 atom stereocenters. The van der Waals surface area contributed by atoms with Gasteiger partial charge in [0.25, 0.3) is 0 Å². The Balaban J connectivity index is 0.000000243. The molecular weight excluding hydrogens is 522 g/mol. The van der Waals surface area contributed by atoms with Gasteiger partial charge in [0.1, 0.15) is 5.82 Å². The fourth-order valence-corrected chi connectivity index (χ4v) is 4.51. The van der Waals surface area contributed by atoms with Crippen molar-refractivity contribution in [2.75, 3.05) is 19.7 Å². The Morgan fingerprint density at radius 2 is 1.85 bits per heavy atom. The van der Waals surface area contributed by atoms with E-state index in [1.165, 1.54) is 18.4 Å². The summed E-state index contributed by atoms with van der Waals surface area (Å²) in [4.78, 5) is 11.4. The summed E-state index contributed by atoms with van der Waals surface area (Å²) in [7, 11) is 0. The van der Waals surface area contributed by atoms with E-state index in [9.17, 15) is 18.7 Å². The molecule has 0 saturated heterocycles. The van der Waals surface area contributed by atoms with E-state index < -0.39 is 17.6 Å². The molecule has 39 heavy (non-hydrogen) atoms. The van der Waals surface area contributed by atoms with Gasteiger partial charge in [-0.15, -0.1) is 0 Å². The molecule has 0 bridgehead atoms. The summed E-state index contributed by atoms with van der Waals surface area (Å²) >= 11 is 5.99. The van der Waals surface area contributed by atoms with E-state index in [0.29, 0.717) is 25.0 Å². The summed E-state index contributed by atoms with van der Waals surface area (Å²) < 4.78 is 31.9. The van der Waals surface area contributed by atoms with Gasteiger partial charge in [-0.1, -0.05) is 54.1 Å². The first-order valence-electron chi connectivity index (χ1n) is 13.2. The quantitative estimate of drug-likeness (QED) is 0.253. The Hall–Kier alpha value is -3.26. The number of nitrogens with one attached hydrogen (secondary N) is 2. The van der Waals surface area contributed by atoms with Gasteiger partial charge < -0.3 is 20.5 Å². The zero-order valence-corrected chi connectivity index (χ0v) is 22.4. The third kappa shape index (κ3) is 8.88. The van der Waals surface area contributed by atoms with Crippen molar-refractivity contribution in [3.05, 3.63) is 106 Å². The number of carbonyl (C=O) groups is 1. The van der Waals surface area contributed by atoms with Crippen molar-refractivity contribution in [1.29, 1.82) is 0 Å². The molecule has 3 N–H and O–H groups in total. The molecule has 0 unspecified atom stereocenters. The van der Waals surface area contributed by atoms with E-state index in [4.69, 9.17) is 16.3 Å². The molecule has 1 saturated carbocycles. The van der Waals surface area contributed by atoms with Crippen molar-refractivity contribution in [3.63, 3.8) is 0 Å². The van der Waals surface area contributed by atoms with Crippen LogP contribution in [-0.4, -0.2) is 36.8 Å². The largest absolute Gasteiger partial charge is 0.490 e. The molecule has 0 aromatic heterocycles. The highest BCUT2D eigenvalue weighted by Gasteiger charge is 2.20. The summed E-state index contributed by atoms with van der Waals surface area (Å²) in [5.41, 5.74) is 4.49. The lowest BCUT2D eigenvalue weighted by molar-refractivity contribution is -0.132. The number of carboxylic acid groups (broad SMARTS) is 1. The maximum absolute atomic E-state index is 13.5. The minimum atomic E-state index is -0.886. The fourth-order valence-electron chi connectivity index (χ4n) is 4.31. The third-order valence-electron chi connectivity index (χ3n) is 6.66. The zero-order chi connectivity index (χ0) is 27.6. The van der Waals surface area contributed by atoms with Gasteiger partial charge in [0.15, 0.2) is 11.6 Å². The Labute approximate surface area is 232 Å². The molecule has 5 nitrogen and oxygen atoms in total. The molecule has 1 heterocycles. The van der Waals surface area contributed by atoms with Crippen LogP contribution in [0.4, 0.5) is 8.78 Å². The minimum Gasteiger partial charge on any atom is -0.490 e. The first-order valence-corrected chi connectivity index (χ1v) is 13.6. The first kappa shape index (κ1) is 28.7. The number of ether oxygens (including phenoxy) is 1. The summed E-state index contributed by atoms with van der Waals surface area (Å²) in [6, 6.07) is 19.7. The molecule has 206 valence electrons. The molecule has 1 fully saturated rings. The van der Waals surface area contributed by atoms with E-state index in [-0.39, 0.29) is 12.4 Å². The molecule has 2 aliphatic rings. The van der Waals surface area contributed by atoms with Gasteiger partial charge in [-0.25, -0.2) is 13.6 Å². The third-order valence-corrected chi connectivity index (χ3v) is 7.02. The minimum absolute atomic E-state index is 0.0793. The summed E-state index contributed by atoms with van der Waals surface area (Å²) in [6.07, 6.45) is 4.72. The first-order chi connectivity index (χ1) is 18.9. The predicted molar refractivity (Wildman–Crippen MR) is 150 cm³/mol. The number of aryl methyl sites for hydroxylation is 1. The maximum atomic E-state index is 13.5. The van der Waals surface area contributed by atoms with Crippen molar-refractivity contribution < 1.29 is 23.4 Å². The molecule has 3 aromatic carbocycles. The van der Waals surface area contributed by atoms with Gasteiger partial charge in [-0.3, -0.25) is 0 Å². The van der Waals surface area contributed by atoms with Gasteiger partial charge >= 0.3 is 5.97 Å². The Bertz CT molecular complexity index is 1290. The summed E-state index contributed by atoms with van der Waals surface area (Å²) in [5, 5.41) is 16.7. The number of rotatable bonds is 10. The highest BCUT2D eigenvalue weighted by Crippen LogP contribution is 2.26. The van der Waals surface area contributed by atoms with Crippen LogP contribution in [0.2, 0.25) is 5.02 Å². The molecule has 3 aromatic rings. The van der Waals surface area contributed by atoms with Crippen LogP contribution in [0.3, 0.4) is 0 Å². The van der Waals surface area contributed by atoms with Gasteiger partial charge in [-0.05, 0) is 79.1 Å². The monoisotopic (exact) mass is 554 g/mol. The van der Waals surface area contributed by atoms with Crippen molar-refractivity contribution in [2.45, 2.75) is 44.7 Å². The van der Waals surface area contributed by atoms with Crippen LogP contribution in [0, 0.1) is 11.6 Å². The predicted octanol–water partition coefficient (Wildman–Crippen LogP) is 6.40. The Kier molecular flexibility index (Phi) is 10.5. The highest BCUT2D eigenvalue weighted by molar-refractivity contribution is 6.31. The molecule has 1 aliphatic carbocycles. The average molecular weight is 555 g/mol. The second-order valence-electron chi connectivity index (χ2n) is 9.66. The topological polar surface area (TPSA) is 70.6 Å². The fraction of sp³-hybridized carbons (Fsp3) is 0.323. The SMILES string of the molecule is Clc1ccccc1CNC1CC1.O=C(O)C1=C(c2ccc(CCCOc3cc(F)ccc3F)cc2)CCNC1. The van der Waals surface area contributed by atoms with Crippen LogP contribution in [0.25, 0.3) is 5.57 Å². The van der Waals surface area contributed by atoms with E-state index >= 15 is 0 Å². The molecule has 0 spiro atoms. The van der Waals surface area contributed by atoms with E-state index in [0.717, 1.165) is 65.5 Å². The normalized spacial score (nSPS) is 14.9. The number of hydrogen-bond acceptors (Lipinski definition) is 4. The lowest BCUT2D eigenvalue weighted by Gasteiger charge is -2.19. The Morgan fingerprint density at radius 1 is 1.08 bits per heavy atom. The second kappa shape index (κ2) is 14.2. The van der Waals surface area contributed by atoms with Gasteiger partial charge in [0.05, 0.1) is 12.2 Å². The van der Waals surface area contributed by atoms with Crippen LogP contribution >= 0.6 is 11.6 Å². The number of carboxylic acids is 1. The average Bonchev–Trinajstić information content (AvgIpc) is 3.78. The van der Waals surface area contributed by atoms with Crippen molar-refractivity contribution in [3.8, 4) is 5.75 Å². The molecule has 0 radical (unpaired) electrons. The number of benzene rings is 3. The molecule has 1 aliphatic heterocycles. The molecule has 5 rings (SSSR count). The van der Waals surface area contributed by atoms with Crippen molar-refractivity contribution >= 4 is 23.1 Å². The smallest absolute Gasteiger partial charge is 0.333 e. The molecule has 0 amide bonds. The standard InChI is InChI=1S/C21H21F2NO3.C10H12ClN/c22-16-7-8-19(23)20(12-16)27-11-1-2-14-3-5-15(6-4-14)17-9-10-24-13-18(17)21(25)26;11-10-4-2-1-3-8(10)7-12-9-5-6-9/h3-8,12,24H,1-2,9-11,13H2,(H,25,26);1-4,9,12H,5-7H2. The van der Waals surface area contributed by atoms with Crippen LogP contribution in [0.15, 0.2) is 72.3 Å². The number of halogens is 3. The van der Waals surface area contributed by atoms with E-state index in [1.807, 2.05) is 42.5 Å². The number of hydrogen-bond donors (Lipinski definition) is 3.